The summed E-state index contributed by atoms with van der Waals surface area (Å²) < 4.78 is 15.8. The SMILES string of the molecule is COc1cccc(CNC(=O)NC(C(=O)O)C2CCCOC2)c1OC. The molecule has 2 unspecified atom stereocenters. The van der Waals surface area contributed by atoms with Crippen molar-refractivity contribution in [2.45, 2.75) is 25.4 Å². The summed E-state index contributed by atoms with van der Waals surface area (Å²) in [6, 6.07) is 3.81. The van der Waals surface area contributed by atoms with Crippen molar-refractivity contribution in [3.63, 3.8) is 0 Å². The molecule has 1 saturated heterocycles. The number of aliphatic carboxylic acids is 1. The summed E-state index contributed by atoms with van der Waals surface area (Å²) in [6.07, 6.45) is 1.50. The zero-order valence-corrected chi connectivity index (χ0v) is 14.4. The fourth-order valence-corrected chi connectivity index (χ4v) is 2.87. The van der Waals surface area contributed by atoms with Crippen LogP contribution in [0.15, 0.2) is 18.2 Å². The number of benzene rings is 1. The van der Waals surface area contributed by atoms with Crippen LogP contribution in [0.4, 0.5) is 4.79 Å². The van der Waals surface area contributed by atoms with Gasteiger partial charge in [0, 0.05) is 24.6 Å². The minimum atomic E-state index is -1.07. The second kappa shape index (κ2) is 9.12. The fourth-order valence-electron chi connectivity index (χ4n) is 2.87. The summed E-state index contributed by atoms with van der Waals surface area (Å²) in [5.74, 6) is -0.210. The Hall–Kier alpha value is -2.48. The Kier molecular flexibility index (Phi) is 6.88. The third kappa shape index (κ3) is 4.99. The van der Waals surface area contributed by atoms with Crippen LogP contribution in [0.1, 0.15) is 18.4 Å². The van der Waals surface area contributed by atoms with Crippen molar-refractivity contribution in [3.8, 4) is 11.5 Å². The number of carbonyl (C=O) groups is 2. The maximum atomic E-state index is 12.1. The Bertz CT molecular complexity index is 601. The lowest BCUT2D eigenvalue weighted by Crippen LogP contribution is -2.51. The van der Waals surface area contributed by atoms with Gasteiger partial charge in [-0.2, -0.15) is 0 Å². The van der Waals surface area contributed by atoms with Crippen molar-refractivity contribution in [2.24, 2.45) is 5.92 Å². The molecule has 0 aliphatic carbocycles. The molecule has 1 heterocycles. The number of hydrogen-bond acceptors (Lipinski definition) is 5. The smallest absolute Gasteiger partial charge is 0.326 e. The number of urea groups is 1. The normalized spacial score (nSPS) is 18.1. The first kappa shape index (κ1) is 18.9. The van der Waals surface area contributed by atoms with Gasteiger partial charge in [0.1, 0.15) is 6.04 Å². The van der Waals surface area contributed by atoms with Crippen molar-refractivity contribution in [1.29, 1.82) is 0 Å². The Morgan fingerprint density at radius 2 is 2.16 bits per heavy atom. The molecule has 2 atom stereocenters. The van der Waals surface area contributed by atoms with Crippen LogP contribution >= 0.6 is 0 Å². The van der Waals surface area contributed by atoms with Crippen molar-refractivity contribution in [3.05, 3.63) is 23.8 Å². The largest absolute Gasteiger partial charge is 0.493 e. The van der Waals surface area contributed by atoms with Crippen LogP contribution < -0.4 is 20.1 Å². The van der Waals surface area contributed by atoms with E-state index in [-0.39, 0.29) is 12.5 Å². The van der Waals surface area contributed by atoms with Gasteiger partial charge in [0.2, 0.25) is 0 Å². The Morgan fingerprint density at radius 3 is 2.76 bits per heavy atom. The van der Waals surface area contributed by atoms with Gasteiger partial charge in [-0.05, 0) is 18.9 Å². The molecule has 2 rings (SSSR count). The fraction of sp³-hybridized carbons (Fsp3) is 0.529. The van der Waals surface area contributed by atoms with Gasteiger partial charge in [-0.25, -0.2) is 9.59 Å². The Balaban J connectivity index is 1.96. The van der Waals surface area contributed by atoms with Crippen LogP contribution in [-0.4, -0.2) is 50.6 Å². The number of methoxy groups -OCH3 is 2. The molecule has 1 aromatic rings. The van der Waals surface area contributed by atoms with Gasteiger partial charge in [0.05, 0.1) is 20.8 Å². The molecule has 1 fully saturated rings. The highest BCUT2D eigenvalue weighted by molar-refractivity contribution is 5.82. The van der Waals surface area contributed by atoms with Gasteiger partial charge in [-0.1, -0.05) is 12.1 Å². The summed E-state index contributed by atoms with van der Waals surface area (Å²) in [6.45, 7) is 1.14. The first-order chi connectivity index (χ1) is 12.1. The van der Waals surface area contributed by atoms with Crippen molar-refractivity contribution in [1.82, 2.24) is 10.6 Å². The molecule has 3 N–H and O–H groups in total. The maximum Gasteiger partial charge on any atom is 0.326 e. The van der Waals surface area contributed by atoms with Gasteiger partial charge in [-0.3, -0.25) is 0 Å². The molecule has 1 aliphatic rings. The molecule has 25 heavy (non-hydrogen) atoms. The average molecular weight is 352 g/mol. The van der Waals surface area contributed by atoms with Gasteiger partial charge in [0.15, 0.2) is 11.5 Å². The number of amides is 2. The quantitative estimate of drug-likeness (QED) is 0.685. The van der Waals surface area contributed by atoms with E-state index in [1.165, 1.54) is 14.2 Å². The van der Waals surface area contributed by atoms with Gasteiger partial charge >= 0.3 is 12.0 Å². The molecule has 0 bridgehead atoms. The number of rotatable bonds is 7. The highest BCUT2D eigenvalue weighted by atomic mass is 16.5. The van der Waals surface area contributed by atoms with E-state index in [1.54, 1.807) is 18.2 Å². The monoisotopic (exact) mass is 352 g/mol. The van der Waals surface area contributed by atoms with E-state index < -0.39 is 18.0 Å². The minimum absolute atomic E-state index is 0.180. The zero-order valence-electron chi connectivity index (χ0n) is 14.4. The molecule has 138 valence electrons. The lowest BCUT2D eigenvalue weighted by Gasteiger charge is -2.28. The second-order valence-electron chi connectivity index (χ2n) is 5.77. The van der Waals surface area contributed by atoms with E-state index in [9.17, 15) is 14.7 Å². The Morgan fingerprint density at radius 1 is 1.36 bits per heavy atom. The molecule has 8 heteroatoms. The molecule has 8 nitrogen and oxygen atoms in total. The summed E-state index contributed by atoms with van der Waals surface area (Å²) in [7, 11) is 3.05. The molecule has 0 radical (unpaired) electrons. The highest BCUT2D eigenvalue weighted by Gasteiger charge is 2.31. The van der Waals surface area contributed by atoms with Crippen LogP contribution in [-0.2, 0) is 16.1 Å². The van der Waals surface area contributed by atoms with Crippen LogP contribution in [0.3, 0.4) is 0 Å². The number of para-hydroxylation sites is 1. The molecular formula is C17H24N2O6. The van der Waals surface area contributed by atoms with Crippen molar-refractivity contribution < 1.29 is 28.9 Å². The van der Waals surface area contributed by atoms with E-state index in [0.717, 1.165) is 12.0 Å². The molecule has 0 aromatic heterocycles. The zero-order chi connectivity index (χ0) is 18.2. The second-order valence-corrected chi connectivity index (χ2v) is 5.77. The van der Waals surface area contributed by atoms with Crippen LogP contribution in [0.25, 0.3) is 0 Å². The van der Waals surface area contributed by atoms with Gasteiger partial charge in [0.25, 0.3) is 0 Å². The van der Waals surface area contributed by atoms with Crippen LogP contribution in [0.5, 0.6) is 11.5 Å². The summed E-state index contributed by atoms with van der Waals surface area (Å²) in [5, 5.41) is 14.6. The molecule has 0 saturated carbocycles. The molecule has 2 amide bonds. The first-order valence-electron chi connectivity index (χ1n) is 8.11. The number of carbonyl (C=O) groups excluding carboxylic acids is 1. The van der Waals surface area contributed by atoms with Crippen LogP contribution in [0, 0.1) is 5.92 Å². The molecule has 1 aliphatic heterocycles. The average Bonchev–Trinajstić information content (AvgIpc) is 2.64. The van der Waals surface area contributed by atoms with Crippen molar-refractivity contribution in [2.75, 3.05) is 27.4 Å². The van der Waals surface area contributed by atoms with Crippen LogP contribution in [0.2, 0.25) is 0 Å². The maximum absolute atomic E-state index is 12.1. The lowest BCUT2D eigenvalue weighted by atomic mass is 9.94. The summed E-state index contributed by atoms with van der Waals surface area (Å²) >= 11 is 0. The third-order valence-electron chi connectivity index (χ3n) is 4.14. The predicted octanol–water partition coefficient (Wildman–Crippen LogP) is 1.38. The number of nitrogens with one attached hydrogen (secondary N) is 2. The highest BCUT2D eigenvalue weighted by Crippen LogP contribution is 2.30. The molecule has 1 aromatic carbocycles. The Labute approximate surface area is 146 Å². The predicted molar refractivity (Wildman–Crippen MR) is 89.9 cm³/mol. The van der Waals surface area contributed by atoms with Crippen molar-refractivity contribution >= 4 is 12.0 Å². The summed E-state index contributed by atoms with van der Waals surface area (Å²) in [4.78, 5) is 23.6. The van der Waals surface area contributed by atoms with Gasteiger partial charge in [-0.15, -0.1) is 0 Å². The molecular weight excluding hydrogens is 328 g/mol. The number of hydrogen-bond donors (Lipinski definition) is 3. The third-order valence-corrected chi connectivity index (χ3v) is 4.14. The van der Waals surface area contributed by atoms with E-state index in [2.05, 4.69) is 10.6 Å². The van der Waals surface area contributed by atoms with E-state index >= 15 is 0 Å². The number of ether oxygens (including phenoxy) is 3. The lowest BCUT2D eigenvalue weighted by molar-refractivity contribution is -0.142. The first-order valence-corrected chi connectivity index (χ1v) is 8.11. The van der Waals surface area contributed by atoms with Gasteiger partial charge < -0.3 is 30.0 Å². The van der Waals surface area contributed by atoms with E-state index in [1.807, 2.05) is 0 Å². The van der Waals surface area contributed by atoms with E-state index in [0.29, 0.717) is 31.1 Å². The number of carboxylic acid groups (broad SMARTS) is 1. The standard InChI is InChI=1S/C17H24N2O6/c1-23-13-7-3-5-11(15(13)24-2)9-18-17(22)19-14(16(20)21)12-6-4-8-25-10-12/h3,5,7,12,14H,4,6,8-10H2,1-2H3,(H,20,21)(H2,18,19,22). The topological polar surface area (TPSA) is 106 Å². The molecule has 0 spiro atoms. The minimum Gasteiger partial charge on any atom is -0.493 e. The number of carboxylic acids is 1. The van der Waals surface area contributed by atoms with E-state index in [4.69, 9.17) is 14.2 Å². The summed E-state index contributed by atoms with van der Waals surface area (Å²) in [5.41, 5.74) is 0.727.